The Balaban J connectivity index is 1.68. The largest absolute Gasteiger partial charge is 0.378 e. The van der Waals surface area contributed by atoms with Crippen LogP contribution in [0.25, 0.3) is 0 Å². The first kappa shape index (κ1) is 15.8. The second-order valence-electron chi connectivity index (χ2n) is 6.07. The van der Waals surface area contributed by atoms with E-state index in [1.54, 1.807) is 0 Å². The van der Waals surface area contributed by atoms with Crippen molar-refractivity contribution in [1.82, 2.24) is 10.6 Å². The molecule has 0 saturated carbocycles. The van der Waals surface area contributed by atoms with Gasteiger partial charge in [-0.15, -0.1) is 0 Å². The zero-order chi connectivity index (χ0) is 15.1. The molecule has 1 aliphatic heterocycles. The van der Waals surface area contributed by atoms with E-state index in [-0.39, 0.29) is 5.91 Å². The van der Waals surface area contributed by atoms with E-state index in [1.165, 1.54) is 18.5 Å². The van der Waals surface area contributed by atoms with Crippen molar-refractivity contribution < 1.29 is 4.79 Å². The highest BCUT2D eigenvalue weighted by atomic mass is 16.1. The summed E-state index contributed by atoms with van der Waals surface area (Å²) in [6, 6.07) is 8.30. The second kappa shape index (κ2) is 8.03. The number of benzene rings is 1. The van der Waals surface area contributed by atoms with Crippen molar-refractivity contribution >= 4 is 11.6 Å². The zero-order valence-electron chi connectivity index (χ0n) is 13.2. The van der Waals surface area contributed by atoms with Gasteiger partial charge in [-0.25, -0.2) is 0 Å². The number of anilines is 1. The van der Waals surface area contributed by atoms with Gasteiger partial charge in [-0.3, -0.25) is 4.79 Å². The lowest BCUT2D eigenvalue weighted by molar-refractivity contribution is -0.121. The molecule has 2 rings (SSSR count). The third kappa shape index (κ3) is 5.38. The van der Waals surface area contributed by atoms with Gasteiger partial charge in [0, 0.05) is 32.7 Å². The average Bonchev–Trinajstić information content (AvgIpc) is 2.52. The predicted octanol–water partition coefficient (Wildman–Crippen LogP) is 2.15. The molecule has 1 fully saturated rings. The van der Waals surface area contributed by atoms with E-state index in [4.69, 9.17) is 0 Å². The highest BCUT2D eigenvalue weighted by Gasteiger charge is 2.14. The number of carbonyl (C=O) groups excluding carboxylic acids is 1. The number of nitrogens with zero attached hydrogens (tertiary/aromatic N) is 1. The van der Waals surface area contributed by atoms with E-state index in [0.717, 1.165) is 31.0 Å². The molecule has 0 atom stereocenters. The van der Waals surface area contributed by atoms with Gasteiger partial charge >= 0.3 is 0 Å². The van der Waals surface area contributed by atoms with Crippen LogP contribution >= 0.6 is 0 Å². The van der Waals surface area contributed by atoms with E-state index >= 15 is 0 Å². The molecule has 1 aliphatic rings. The Labute approximate surface area is 127 Å². The molecule has 1 heterocycles. The maximum Gasteiger partial charge on any atom is 0.220 e. The number of carbonyl (C=O) groups is 1. The maximum atomic E-state index is 11.9. The normalized spacial score (nSPS) is 15.7. The zero-order valence-corrected chi connectivity index (χ0v) is 13.2. The Morgan fingerprint density at radius 1 is 1.24 bits per heavy atom. The Morgan fingerprint density at radius 3 is 2.52 bits per heavy atom. The molecule has 0 unspecified atom stereocenters. The molecule has 0 spiro atoms. The highest BCUT2D eigenvalue weighted by molar-refractivity contribution is 5.75. The van der Waals surface area contributed by atoms with Crippen molar-refractivity contribution in [2.45, 2.75) is 32.2 Å². The van der Waals surface area contributed by atoms with Crippen LogP contribution in [0, 0.1) is 5.92 Å². The minimum atomic E-state index is 0.171. The van der Waals surface area contributed by atoms with Crippen LogP contribution in [-0.4, -0.2) is 33.1 Å². The van der Waals surface area contributed by atoms with Crippen molar-refractivity contribution in [3.8, 4) is 0 Å². The topological polar surface area (TPSA) is 44.4 Å². The molecule has 4 heteroatoms. The fourth-order valence-corrected chi connectivity index (χ4v) is 2.71. The third-order valence-electron chi connectivity index (χ3n) is 4.18. The van der Waals surface area contributed by atoms with Gasteiger partial charge in [-0.05, 0) is 56.0 Å². The van der Waals surface area contributed by atoms with Crippen LogP contribution in [0.4, 0.5) is 5.69 Å². The van der Waals surface area contributed by atoms with Crippen molar-refractivity contribution in [1.29, 1.82) is 0 Å². The fourth-order valence-electron chi connectivity index (χ4n) is 2.71. The van der Waals surface area contributed by atoms with Crippen molar-refractivity contribution in [3.05, 3.63) is 29.8 Å². The fraction of sp³-hybridized carbons (Fsp3) is 0.588. The molecule has 1 aromatic rings. The van der Waals surface area contributed by atoms with Gasteiger partial charge in [0.2, 0.25) is 5.91 Å². The van der Waals surface area contributed by atoms with Crippen LogP contribution in [0.5, 0.6) is 0 Å². The predicted molar refractivity (Wildman–Crippen MR) is 87.4 cm³/mol. The molecule has 0 radical (unpaired) electrons. The summed E-state index contributed by atoms with van der Waals surface area (Å²) in [6.07, 6.45) is 4.09. The van der Waals surface area contributed by atoms with Gasteiger partial charge < -0.3 is 15.5 Å². The monoisotopic (exact) mass is 289 g/mol. The molecule has 116 valence electrons. The molecule has 1 amide bonds. The summed E-state index contributed by atoms with van der Waals surface area (Å²) in [5, 5.41) is 6.38. The molecule has 0 aromatic heterocycles. The van der Waals surface area contributed by atoms with E-state index in [2.05, 4.69) is 39.8 Å². The van der Waals surface area contributed by atoms with Gasteiger partial charge in [-0.2, -0.15) is 0 Å². The maximum absolute atomic E-state index is 11.9. The smallest absolute Gasteiger partial charge is 0.220 e. The van der Waals surface area contributed by atoms with Gasteiger partial charge in [0.1, 0.15) is 0 Å². The van der Waals surface area contributed by atoms with Gasteiger partial charge in [-0.1, -0.05) is 12.1 Å². The number of amides is 1. The van der Waals surface area contributed by atoms with Crippen LogP contribution < -0.4 is 15.5 Å². The molecule has 4 nitrogen and oxygen atoms in total. The first-order valence-electron chi connectivity index (χ1n) is 7.89. The van der Waals surface area contributed by atoms with Crippen LogP contribution in [0.2, 0.25) is 0 Å². The van der Waals surface area contributed by atoms with Crippen molar-refractivity contribution in [2.24, 2.45) is 5.92 Å². The Morgan fingerprint density at radius 2 is 1.90 bits per heavy atom. The number of hydrogen-bond acceptors (Lipinski definition) is 3. The molecule has 1 aromatic carbocycles. The third-order valence-corrected chi connectivity index (χ3v) is 4.18. The summed E-state index contributed by atoms with van der Waals surface area (Å²) in [5.74, 6) is 0.890. The molecular formula is C17H27N3O. The van der Waals surface area contributed by atoms with Crippen molar-refractivity contribution in [3.63, 3.8) is 0 Å². The van der Waals surface area contributed by atoms with Crippen molar-refractivity contribution in [2.75, 3.05) is 32.1 Å². The molecule has 0 bridgehead atoms. The van der Waals surface area contributed by atoms with Gasteiger partial charge in [0.05, 0.1) is 0 Å². The number of hydrogen-bond donors (Lipinski definition) is 2. The summed E-state index contributed by atoms with van der Waals surface area (Å²) in [7, 11) is 4.05. The Bertz CT molecular complexity index is 436. The number of piperidine rings is 1. The summed E-state index contributed by atoms with van der Waals surface area (Å²) in [5.41, 5.74) is 2.33. The molecule has 0 aliphatic carbocycles. The van der Waals surface area contributed by atoms with E-state index in [0.29, 0.717) is 13.0 Å². The van der Waals surface area contributed by atoms with Crippen LogP contribution in [0.3, 0.4) is 0 Å². The van der Waals surface area contributed by atoms with Gasteiger partial charge in [0.15, 0.2) is 0 Å². The minimum absolute atomic E-state index is 0.171. The second-order valence-corrected chi connectivity index (χ2v) is 6.07. The SMILES string of the molecule is CN(C)c1ccc(CNC(=O)CCC2CCNCC2)cc1. The number of rotatable bonds is 6. The lowest BCUT2D eigenvalue weighted by Crippen LogP contribution is -2.29. The quantitative estimate of drug-likeness (QED) is 0.843. The number of nitrogens with one attached hydrogen (secondary N) is 2. The molecule has 2 N–H and O–H groups in total. The minimum Gasteiger partial charge on any atom is -0.378 e. The lowest BCUT2D eigenvalue weighted by atomic mass is 9.93. The van der Waals surface area contributed by atoms with Gasteiger partial charge in [0.25, 0.3) is 0 Å². The first-order chi connectivity index (χ1) is 10.1. The Kier molecular flexibility index (Phi) is 6.05. The first-order valence-corrected chi connectivity index (χ1v) is 7.89. The summed E-state index contributed by atoms with van der Waals surface area (Å²) >= 11 is 0. The van der Waals surface area contributed by atoms with Crippen LogP contribution in [0.15, 0.2) is 24.3 Å². The van der Waals surface area contributed by atoms with E-state index in [9.17, 15) is 4.79 Å². The molecular weight excluding hydrogens is 262 g/mol. The standard InChI is InChI=1S/C17H27N3O/c1-20(2)16-6-3-15(4-7-16)13-19-17(21)8-5-14-9-11-18-12-10-14/h3-4,6-7,14,18H,5,8-13H2,1-2H3,(H,19,21). The summed E-state index contributed by atoms with van der Waals surface area (Å²) < 4.78 is 0. The molecule has 21 heavy (non-hydrogen) atoms. The van der Waals surface area contributed by atoms with E-state index < -0.39 is 0 Å². The van der Waals surface area contributed by atoms with Crippen LogP contribution in [-0.2, 0) is 11.3 Å². The average molecular weight is 289 g/mol. The van der Waals surface area contributed by atoms with E-state index in [1.807, 2.05) is 14.1 Å². The molecule has 1 saturated heterocycles. The summed E-state index contributed by atoms with van der Waals surface area (Å²) in [4.78, 5) is 14.0. The lowest BCUT2D eigenvalue weighted by Gasteiger charge is -2.22. The summed E-state index contributed by atoms with van der Waals surface area (Å²) in [6.45, 7) is 2.83. The Hall–Kier alpha value is -1.55. The highest BCUT2D eigenvalue weighted by Crippen LogP contribution is 2.17. The van der Waals surface area contributed by atoms with Crippen LogP contribution in [0.1, 0.15) is 31.2 Å².